The molecule has 0 bridgehead atoms. The molecule has 0 radical (unpaired) electrons. The largest absolute Gasteiger partial charge is 0.495 e. The molecule has 0 aliphatic carbocycles. The molecule has 0 atom stereocenters. The van der Waals surface area contributed by atoms with Crippen LogP contribution in [-0.4, -0.2) is 27.1 Å². The minimum Gasteiger partial charge on any atom is -0.495 e. The molecule has 0 saturated carbocycles. The van der Waals surface area contributed by atoms with Crippen LogP contribution in [0.4, 0.5) is 5.69 Å². The molecule has 0 unspecified atom stereocenters. The van der Waals surface area contributed by atoms with E-state index in [-0.39, 0.29) is 17.3 Å². The molecular formula is C11H17N3O3S. The number of amidine groups is 1. The first-order valence-corrected chi connectivity index (χ1v) is 7.08. The Labute approximate surface area is 107 Å². The fourth-order valence-electron chi connectivity index (χ4n) is 1.51. The lowest BCUT2D eigenvalue weighted by Gasteiger charge is -2.14. The molecule has 0 aliphatic rings. The maximum Gasteiger partial charge on any atom is 0.232 e. The molecule has 0 fully saturated rings. The van der Waals surface area contributed by atoms with Gasteiger partial charge in [0, 0.05) is 5.56 Å². The summed E-state index contributed by atoms with van der Waals surface area (Å²) in [4.78, 5) is 0. The standard InChI is InChI=1S/C11H17N3O3S/c1-3-7-18(15,16)14-10-8(11(12)13)5-4-6-9(10)17-2/h4-6,14H,3,7H2,1-2H3,(H3,12,13). The van der Waals surface area contributed by atoms with Crippen LogP contribution in [0.3, 0.4) is 0 Å². The van der Waals surface area contributed by atoms with Crippen molar-refractivity contribution in [3.8, 4) is 5.75 Å². The Kier molecular flexibility index (Phi) is 4.55. The fourth-order valence-corrected chi connectivity index (χ4v) is 2.67. The van der Waals surface area contributed by atoms with Crippen LogP contribution in [0.2, 0.25) is 0 Å². The predicted octanol–water partition coefficient (Wildman–Crippen LogP) is 1.13. The van der Waals surface area contributed by atoms with Crippen molar-refractivity contribution in [3.05, 3.63) is 23.8 Å². The molecule has 4 N–H and O–H groups in total. The Morgan fingerprint density at radius 1 is 1.50 bits per heavy atom. The monoisotopic (exact) mass is 271 g/mol. The van der Waals surface area contributed by atoms with Gasteiger partial charge in [0.25, 0.3) is 0 Å². The molecule has 0 aromatic heterocycles. The van der Waals surface area contributed by atoms with Crippen molar-refractivity contribution in [2.45, 2.75) is 13.3 Å². The summed E-state index contributed by atoms with van der Waals surface area (Å²) in [7, 11) is -2.03. The van der Waals surface area contributed by atoms with E-state index in [1.54, 1.807) is 25.1 Å². The van der Waals surface area contributed by atoms with Crippen LogP contribution in [0.1, 0.15) is 18.9 Å². The molecular weight excluding hydrogens is 254 g/mol. The number of nitrogens with one attached hydrogen (secondary N) is 2. The normalized spacial score (nSPS) is 11.0. The molecule has 7 heteroatoms. The molecule has 1 aromatic rings. The zero-order chi connectivity index (χ0) is 13.8. The highest BCUT2D eigenvalue weighted by atomic mass is 32.2. The molecule has 0 spiro atoms. The number of ether oxygens (including phenoxy) is 1. The second-order valence-electron chi connectivity index (χ2n) is 3.72. The topological polar surface area (TPSA) is 105 Å². The maximum atomic E-state index is 11.8. The maximum absolute atomic E-state index is 11.8. The van der Waals surface area contributed by atoms with Crippen LogP contribution in [0.25, 0.3) is 0 Å². The third-order valence-electron chi connectivity index (χ3n) is 2.27. The number of nitrogen functional groups attached to an aromatic ring is 1. The van der Waals surface area contributed by atoms with Gasteiger partial charge in [-0.05, 0) is 18.6 Å². The Balaban J connectivity index is 3.25. The van der Waals surface area contributed by atoms with Gasteiger partial charge in [-0.2, -0.15) is 0 Å². The van der Waals surface area contributed by atoms with Crippen LogP contribution in [0.15, 0.2) is 18.2 Å². The molecule has 0 aliphatic heterocycles. The number of hydrogen-bond acceptors (Lipinski definition) is 4. The van der Waals surface area contributed by atoms with E-state index in [1.165, 1.54) is 7.11 Å². The van der Waals surface area contributed by atoms with Crippen molar-refractivity contribution >= 4 is 21.5 Å². The van der Waals surface area contributed by atoms with E-state index in [0.29, 0.717) is 17.7 Å². The molecule has 1 rings (SSSR count). The SMILES string of the molecule is CCCS(=O)(=O)Nc1c(OC)cccc1C(=N)N. The lowest BCUT2D eigenvalue weighted by molar-refractivity contribution is 0.417. The number of sulfonamides is 1. The van der Waals surface area contributed by atoms with Crippen molar-refractivity contribution in [1.29, 1.82) is 5.41 Å². The van der Waals surface area contributed by atoms with E-state index in [2.05, 4.69) is 4.72 Å². The highest BCUT2D eigenvalue weighted by molar-refractivity contribution is 7.92. The first kappa shape index (κ1) is 14.3. The summed E-state index contributed by atoms with van der Waals surface area (Å²) in [5, 5.41) is 7.45. The van der Waals surface area contributed by atoms with Crippen LogP contribution in [-0.2, 0) is 10.0 Å². The lowest BCUT2D eigenvalue weighted by atomic mass is 10.1. The number of methoxy groups -OCH3 is 1. The Morgan fingerprint density at radius 2 is 2.17 bits per heavy atom. The van der Waals surface area contributed by atoms with E-state index >= 15 is 0 Å². The van der Waals surface area contributed by atoms with E-state index in [1.807, 2.05) is 0 Å². The summed E-state index contributed by atoms with van der Waals surface area (Å²) >= 11 is 0. The first-order valence-electron chi connectivity index (χ1n) is 5.43. The number of rotatable bonds is 6. The summed E-state index contributed by atoms with van der Waals surface area (Å²) in [5.41, 5.74) is 5.93. The highest BCUT2D eigenvalue weighted by Crippen LogP contribution is 2.29. The summed E-state index contributed by atoms with van der Waals surface area (Å²) in [6.45, 7) is 1.77. The number of anilines is 1. The van der Waals surface area contributed by atoms with Gasteiger partial charge in [-0.1, -0.05) is 13.0 Å². The average Bonchev–Trinajstić information content (AvgIpc) is 2.28. The highest BCUT2D eigenvalue weighted by Gasteiger charge is 2.17. The van der Waals surface area contributed by atoms with Gasteiger partial charge in [0.15, 0.2) is 0 Å². The smallest absolute Gasteiger partial charge is 0.232 e. The van der Waals surface area contributed by atoms with Crippen molar-refractivity contribution < 1.29 is 13.2 Å². The summed E-state index contributed by atoms with van der Waals surface area (Å²) in [6.07, 6.45) is 0.500. The second-order valence-corrected chi connectivity index (χ2v) is 5.56. The molecule has 0 amide bonds. The summed E-state index contributed by atoms with van der Waals surface area (Å²) < 4.78 is 31.0. The molecule has 0 saturated heterocycles. The van der Waals surface area contributed by atoms with E-state index in [9.17, 15) is 8.42 Å². The summed E-state index contributed by atoms with van der Waals surface area (Å²) in [6, 6.07) is 4.82. The van der Waals surface area contributed by atoms with E-state index in [0.717, 1.165) is 0 Å². The van der Waals surface area contributed by atoms with Crippen LogP contribution in [0.5, 0.6) is 5.75 Å². The Hall–Kier alpha value is -1.76. The van der Waals surface area contributed by atoms with Gasteiger partial charge in [-0.15, -0.1) is 0 Å². The zero-order valence-electron chi connectivity index (χ0n) is 10.4. The van der Waals surface area contributed by atoms with Crippen LogP contribution < -0.4 is 15.2 Å². The minimum atomic E-state index is -3.46. The van der Waals surface area contributed by atoms with Gasteiger partial charge in [-0.25, -0.2) is 8.42 Å². The molecule has 0 heterocycles. The Bertz CT molecular complexity index is 540. The fraction of sp³-hybridized carbons (Fsp3) is 0.364. The van der Waals surface area contributed by atoms with Crippen LogP contribution >= 0.6 is 0 Å². The Morgan fingerprint density at radius 3 is 2.67 bits per heavy atom. The van der Waals surface area contributed by atoms with Gasteiger partial charge in [0.1, 0.15) is 17.3 Å². The van der Waals surface area contributed by atoms with Crippen molar-refractivity contribution in [2.24, 2.45) is 5.73 Å². The molecule has 100 valence electrons. The molecule has 1 aromatic carbocycles. The van der Waals surface area contributed by atoms with Gasteiger partial charge in [0.2, 0.25) is 10.0 Å². The lowest BCUT2D eigenvalue weighted by Crippen LogP contribution is -2.21. The third kappa shape index (κ3) is 3.36. The van der Waals surface area contributed by atoms with Crippen molar-refractivity contribution in [2.75, 3.05) is 17.6 Å². The zero-order valence-corrected chi connectivity index (χ0v) is 11.2. The van der Waals surface area contributed by atoms with Gasteiger partial charge >= 0.3 is 0 Å². The van der Waals surface area contributed by atoms with Crippen LogP contribution in [0, 0.1) is 5.41 Å². The van der Waals surface area contributed by atoms with E-state index in [4.69, 9.17) is 15.9 Å². The number of hydrogen-bond donors (Lipinski definition) is 3. The van der Waals surface area contributed by atoms with Gasteiger partial charge in [-0.3, -0.25) is 10.1 Å². The first-order chi connectivity index (χ1) is 8.41. The van der Waals surface area contributed by atoms with Crippen molar-refractivity contribution in [3.63, 3.8) is 0 Å². The molecule has 6 nitrogen and oxygen atoms in total. The second kappa shape index (κ2) is 5.72. The minimum absolute atomic E-state index is 0.00237. The third-order valence-corrected chi connectivity index (χ3v) is 3.73. The predicted molar refractivity (Wildman–Crippen MR) is 71.7 cm³/mol. The average molecular weight is 271 g/mol. The van der Waals surface area contributed by atoms with Gasteiger partial charge < -0.3 is 10.5 Å². The number of benzene rings is 1. The van der Waals surface area contributed by atoms with E-state index < -0.39 is 10.0 Å². The molecule has 18 heavy (non-hydrogen) atoms. The van der Waals surface area contributed by atoms with Gasteiger partial charge in [0.05, 0.1) is 12.9 Å². The number of nitrogens with two attached hydrogens (primary N) is 1. The van der Waals surface area contributed by atoms with Crippen molar-refractivity contribution in [1.82, 2.24) is 0 Å². The summed E-state index contributed by atoms with van der Waals surface area (Å²) in [5.74, 6) is 0.119. The quantitative estimate of drug-likeness (QED) is 0.532. The number of para-hydroxylation sites is 1.